The van der Waals surface area contributed by atoms with Crippen LogP contribution in [0.1, 0.15) is 49.8 Å². The molecule has 1 aromatic carbocycles. The van der Waals surface area contributed by atoms with Crippen molar-refractivity contribution in [2.75, 3.05) is 31.1 Å². The zero-order chi connectivity index (χ0) is 29.3. The van der Waals surface area contributed by atoms with E-state index in [1.807, 2.05) is 21.9 Å². The van der Waals surface area contributed by atoms with E-state index >= 15 is 0 Å². The topological polar surface area (TPSA) is 94.5 Å². The Hall–Kier alpha value is -3.57. The lowest BCUT2D eigenvalue weighted by atomic mass is 9.79. The molecule has 2 aliphatic heterocycles. The maximum Gasteiger partial charge on any atom is 0.416 e. The number of pyridine rings is 1. The molecule has 0 spiro atoms. The third-order valence-corrected chi connectivity index (χ3v) is 8.92. The Morgan fingerprint density at radius 2 is 1.71 bits per heavy atom. The lowest BCUT2D eigenvalue weighted by Crippen LogP contribution is -2.46. The average Bonchev–Trinajstić information content (AvgIpc) is 3.69. The molecule has 1 amide bonds. The zero-order valence-electron chi connectivity index (χ0n) is 23.3. The molecule has 2 saturated heterocycles. The van der Waals surface area contributed by atoms with Crippen LogP contribution >= 0.6 is 0 Å². The van der Waals surface area contributed by atoms with Crippen molar-refractivity contribution in [3.8, 4) is 11.4 Å². The molecule has 4 heterocycles. The number of hydrogen-bond donors (Lipinski definition) is 2. The molecule has 1 unspecified atom stereocenters. The van der Waals surface area contributed by atoms with Crippen LogP contribution in [0.15, 0.2) is 61.1 Å². The Labute approximate surface area is 243 Å². The number of halogens is 3. The molecule has 222 valence electrons. The van der Waals surface area contributed by atoms with Crippen LogP contribution in [0.4, 0.5) is 18.9 Å². The van der Waals surface area contributed by atoms with Crippen LogP contribution in [0.2, 0.25) is 0 Å². The molecule has 3 aliphatic rings. The van der Waals surface area contributed by atoms with E-state index in [0.29, 0.717) is 62.6 Å². The Morgan fingerprint density at radius 1 is 0.929 bits per heavy atom. The number of amides is 1. The van der Waals surface area contributed by atoms with Crippen LogP contribution in [0, 0.1) is 5.92 Å². The minimum absolute atomic E-state index is 0.0854. The van der Waals surface area contributed by atoms with E-state index in [0.717, 1.165) is 30.9 Å². The van der Waals surface area contributed by atoms with Gasteiger partial charge in [-0.15, -0.1) is 0 Å². The summed E-state index contributed by atoms with van der Waals surface area (Å²) >= 11 is 0. The molecule has 6 rings (SSSR count). The fourth-order valence-electron chi connectivity index (χ4n) is 6.53. The van der Waals surface area contributed by atoms with Crippen LogP contribution in [0.3, 0.4) is 0 Å². The predicted octanol–water partition coefficient (Wildman–Crippen LogP) is 4.40. The highest BCUT2D eigenvalue weighted by molar-refractivity contribution is 5.80. The predicted molar refractivity (Wildman–Crippen MR) is 151 cm³/mol. The van der Waals surface area contributed by atoms with Gasteiger partial charge in [-0.05, 0) is 74.9 Å². The fourth-order valence-corrected chi connectivity index (χ4v) is 6.53. The van der Waals surface area contributed by atoms with Gasteiger partial charge in [-0.25, -0.2) is 9.97 Å². The molecule has 42 heavy (non-hydrogen) atoms. The van der Waals surface area contributed by atoms with Crippen LogP contribution in [0.25, 0.3) is 11.4 Å². The molecule has 2 atom stereocenters. The zero-order valence-corrected chi connectivity index (χ0v) is 23.3. The third-order valence-electron chi connectivity index (χ3n) is 8.92. The van der Waals surface area contributed by atoms with Gasteiger partial charge < -0.3 is 20.2 Å². The number of aromatic nitrogens is 3. The van der Waals surface area contributed by atoms with E-state index in [-0.39, 0.29) is 23.9 Å². The number of likely N-dealkylation sites (tertiary alicyclic amines) is 1. The van der Waals surface area contributed by atoms with Gasteiger partial charge >= 0.3 is 6.18 Å². The summed E-state index contributed by atoms with van der Waals surface area (Å²) in [5.41, 5.74) is 0.333. The van der Waals surface area contributed by atoms with Crippen molar-refractivity contribution in [2.24, 2.45) is 5.92 Å². The number of alkyl halides is 3. The molecule has 2 N–H and O–H groups in total. The SMILES string of the molecule is O=C([C@H]1CCN(c2cccc(C(F)(F)F)c2)C1)N1CCC(NC2CCC(O)(c3ccc(-c4ncccn4)cn3)CC2)C1. The van der Waals surface area contributed by atoms with Crippen molar-refractivity contribution in [1.82, 2.24) is 25.2 Å². The summed E-state index contributed by atoms with van der Waals surface area (Å²) in [5.74, 6) is 0.471. The smallest absolute Gasteiger partial charge is 0.384 e. The molecule has 0 radical (unpaired) electrons. The third kappa shape index (κ3) is 6.12. The summed E-state index contributed by atoms with van der Waals surface area (Å²) in [7, 11) is 0. The first-order chi connectivity index (χ1) is 20.2. The fraction of sp³-hybridized carbons (Fsp3) is 0.484. The van der Waals surface area contributed by atoms with Gasteiger partial charge in [0, 0.05) is 68.1 Å². The van der Waals surface area contributed by atoms with Crippen LogP contribution in [0.5, 0.6) is 0 Å². The second-order valence-corrected chi connectivity index (χ2v) is 11.7. The summed E-state index contributed by atoms with van der Waals surface area (Å²) in [4.78, 5) is 30.1. The molecule has 8 nitrogen and oxygen atoms in total. The van der Waals surface area contributed by atoms with Crippen molar-refractivity contribution >= 4 is 11.6 Å². The van der Waals surface area contributed by atoms with E-state index in [1.54, 1.807) is 30.7 Å². The minimum Gasteiger partial charge on any atom is -0.384 e. The van der Waals surface area contributed by atoms with Gasteiger partial charge in [-0.2, -0.15) is 13.2 Å². The van der Waals surface area contributed by atoms with Crippen LogP contribution in [-0.4, -0.2) is 69.1 Å². The first-order valence-corrected chi connectivity index (χ1v) is 14.6. The van der Waals surface area contributed by atoms with Crippen molar-refractivity contribution in [3.63, 3.8) is 0 Å². The van der Waals surface area contributed by atoms with Crippen molar-refractivity contribution in [2.45, 2.75) is 62.4 Å². The summed E-state index contributed by atoms with van der Waals surface area (Å²) in [5, 5.41) is 15.1. The average molecular weight is 581 g/mol. The Balaban J connectivity index is 0.977. The van der Waals surface area contributed by atoms with Gasteiger partial charge in [0.05, 0.1) is 17.2 Å². The Kier molecular flexibility index (Phi) is 7.89. The molecular weight excluding hydrogens is 545 g/mol. The van der Waals surface area contributed by atoms with Crippen LogP contribution in [-0.2, 0) is 16.6 Å². The summed E-state index contributed by atoms with van der Waals surface area (Å²) in [6.07, 6.45) is 5.00. The Morgan fingerprint density at radius 3 is 2.43 bits per heavy atom. The first kappa shape index (κ1) is 28.5. The number of aliphatic hydroxyl groups is 1. The molecule has 2 aromatic heterocycles. The highest BCUT2D eigenvalue weighted by Gasteiger charge is 2.39. The monoisotopic (exact) mass is 580 g/mol. The standard InChI is InChI=1S/C31H35F3N6O2/c32-31(33,34)23-3-1-4-26(17-23)39-15-9-22(19-39)29(41)40-16-10-25(20-40)38-24-7-11-30(42,12-8-24)27-6-5-21(18-37-27)28-35-13-2-14-36-28/h1-6,13-14,17-18,22,24-25,38,42H,7-12,15-16,19-20H2/t22-,24?,25?,30?/m0/s1. The number of nitrogens with one attached hydrogen (secondary N) is 1. The normalized spacial score (nSPS) is 26.5. The van der Waals surface area contributed by atoms with E-state index in [2.05, 4.69) is 20.3 Å². The van der Waals surface area contributed by atoms with E-state index in [9.17, 15) is 23.1 Å². The van der Waals surface area contributed by atoms with Gasteiger partial charge in [0.15, 0.2) is 5.82 Å². The van der Waals surface area contributed by atoms with Gasteiger partial charge in [0.2, 0.25) is 5.91 Å². The largest absolute Gasteiger partial charge is 0.416 e. The van der Waals surface area contributed by atoms with Crippen molar-refractivity contribution in [3.05, 3.63) is 72.3 Å². The lowest BCUT2D eigenvalue weighted by Gasteiger charge is -2.37. The second-order valence-electron chi connectivity index (χ2n) is 11.7. The van der Waals surface area contributed by atoms with Gasteiger partial charge in [-0.3, -0.25) is 9.78 Å². The summed E-state index contributed by atoms with van der Waals surface area (Å²) in [6.45, 7) is 2.30. The highest BCUT2D eigenvalue weighted by atomic mass is 19.4. The number of rotatable bonds is 6. The lowest BCUT2D eigenvalue weighted by molar-refractivity contribution is -0.137. The van der Waals surface area contributed by atoms with Crippen LogP contribution < -0.4 is 10.2 Å². The Bertz CT molecular complexity index is 1380. The van der Waals surface area contributed by atoms with Gasteiger partial charge in [-0.1, -0.05) is 6.07 Å². The molecule has 0 bridgehead atoms. The maximum absolute atomic E-state index is 13.3. The van der Waals surface area contributed by atoms with E-state index in [4.69, 9.17) is 0 Å². The second kappa shape index (κ2) is 11.6. The van der Waals surface area contributed by atoms with E-state index < -0.39 is 17.3 Å². The number of hydrogen-bond acceptors (Lipinski definition) is 7. The number of carbonyl (C=O) groups is 1. The molecule has 11 heteroatoms. The van der Waals surface area contributed by atoms with Gasteiger partial charge in [0.1, 0.15) is 5.60 Å². The van der Waals surface area contributed by atoms with Gasteiger partial charge in [0.25, 0.3) is 0 Å². The molecule has 1 saturated carbocycles. The number of anilines is 1. The summed E-state index contributed by atoms with van der Waals surface area (Å²) in [6, 6.07) is 11.3. The highest BCUT2D eigenvalue weighted by Crippen LogP contribution is 2.37. The van der Waals surface area contributed by atoms with Crippen molar-refractivity contribution in [1.29, 1.82) is 0 Å². The molecule has 3 aromatic rings. The quantitative estimate of drug-likeness (QED) is 0.446. The summed E-state index contributed by atoms with van der Waals surface area (Å²) < 4.78 is 39.4. The van der Waals surface area contributed by atoms with Crippen molar-refractivity contribution < 1.29 is 23.1 Å². The first-order valence-electron chi connectivity index (χ1n) is 14.6. The number of benzene rings is 1. The maximum atomic E-state index is 13.3. The number of carbonyl (C=O) groups excluding carboxylic acids is 1. The van der Waals surface area contributed by atoms with E-state index in [1.165, 1.54) is 12.1 Å². The molecular formula is C31H35F3N6O2. The number of nitrogens with zero attached hydrogens (tertiary/aromatic N) is 5. The molecule has 1 aliphatic carbocycles. The minimum atomic E-state index is -4.39. The molecule has 3 fully saturated rings.